The zero-order valence-corrected chi connectivity index (χ0v) is 21.1. The van der Waals surface area contributed by atoms with Crippen molar-refractivity contribution in [2.75, 3.05) is 34.5 Å². The Morgan fingerprint density at radius 3 is 2.49 bits per heavy atom. The highest BCUT2D eigenvalue weighted by molar-refractivity contribution is 7.80. The van der Waals surface area contributed by atoms with Crippen LogP contribution in [0.2, 0.25) is 0 Å². The number of benzene rings is 2. The lowest BCUT2D eigenvalue weighted by Crippen LogP contribution is -2.42. The van der Waals surface area contributed by atoms with Crippen LogP contribution in [0, 0.1) is 0 Å². The van der Waals surface area contributed by atoms with Crippen molar-refractivity contribution in [2.45, 2.75) is 32.0 Å². The van der Waals surface area contributed by atoms with E-state index in [-0.39, 0.29) is 11.7 Å². The smallest absolute Gasteiger partial charge is 0.253 e. The highest BCUT2D eigenvalue weighted by Gasteiger charge is 2.19. The summed E-state index contributed by atoms with van der Waals surface area (Å²) in [4.78, 5) is 17.9. The minimum absolute atomic E-state index is 0.155. The van der Waals surface area contributed by atoms with E-state index in [1.165, 1.54) is 0 Å². The Morgan fingerprint density at radius 2 is 1.83 bits per heavy atom. The van der Waals surface area contributed by atoms with Crippen molar-refractivity contribution in [2.24, 2.45) is 0 Å². The molecule has 1 aliphatic heterocycles. The first-order chi connectivity index (χ1) is 17.0. The number of fused-ring (bicyclic) bond motifs is 1. The summed E-state index contributed by atoms with van der Waals surface area (Å²) >= 11 is 5.75. The molecular weight excluding hydrogens is 466 g/mol. The van der Waals surface area contributed by atoms with E-state index in [0.717, 1.165) is 36.1 Å². The molecule has 0 bridgehead atoms. The summed E-state index contributed by atoms with van der Waals surface area (Å²) < 4.78 is 21.8. The van der Waals surface area contributed by atoms with Crippen LogP contribution in [0.15, 0.2) is 47.3 Å². The molecule has 1 atom stereocenters. The molecule has 1 aromatic heterocycles. The van der Waals surface area contributed by atoms with Gasteiger partial charge in [0.1, 0.15) is 5.75 Å². The van der Waals surface area contributed by atoms with Gasteiger partial charge in [-0.25, -0.2) is 0 Å². The van der Waals surface area contributed by atoms with Gasteiger partial charge in [0.2, 0.25) is 0 Å². The molecule has 186 valence electrons. The maximum atomic E-state index is 13.0. The third kappa shape index (κ3) is 6.04. The SMILES string of the molecule is COc1ccc(CN(Cc2cc3cc(OC)c(OC)cc3[nH]c2=O)C(=S)NC[C@@H]2CCCO2)cc1. The first-order valence-corrected chi connectivity index (χ1v) is 12.0. The second kappa shape index (κ2) is 11.4. The highest BCUT2D eigenvalue weighted by Crippen LogP contribution is 2.31. The third-order valence-electron chi connectivity index (χ3n) is 6.11. The topological polar surface area (TPSA) is 85.0 Å². The Bertz CT molecular complexity index is 1220. The Labute approximate surface area is 210 Å². The molecule has 0 aliphatic carbocycles. The van der Waals surface area contributed by atoms with Gasteiger partial charge in [-0.2, -0.15) is 0 Å². The fourth-order valence-electron chi connectivity index (χ4n) is 4.17. The highest BCUT2D eigenvalue weighted by atomic mass is 32.1. The second-order valence-electron chi connectivity index (χ2n) is 8.44. The summed E-state index contributed by atoms with van der Waals surface area (Å²) in [6.07, 6.45) is 2.24. The molecule has 0 amide bonds. The van der Waals surface area contributed by atoms with E-state index in [9.17, 15) is 4.79 Å². The summed E-state index contributed by atoms with van der Waals surface area (Å²) in [5.41, 5.74) is 2.15. The standard InChI is InChI=1S/C26H31N3O5S/c1-31-20-8-6-17(7-9-20)15-29(26(35)27-14-21-5-4-10-34-21)16-19-11-18-12-23(32-2)24(33-3)13-22(18)28-25(19)30/h6-9,11-13,21H,4-5,10,14-16H2,1-3H3,(H,27,35)(H,28,30)/t21-/m0/s1. The zero-order valence-electron chi connectivity index (χ0n) is 20.3. The molecule has 4 rings (SSSR count). The average Bonchev–Trinajstić information content (AvgIpc) is 3.40. The molecule has 35 heavy (non-hydrogen) atoms. The second-order valence-corrected chi connectivity index (χ2v) is 8.83. The normalized spacial score (nSPS) is 15.1. The van der Waals surface area contributed by atoms with Crippen LogP contribution in [0.1, 0.15) is 24.0 Å². The number of nitrogens with one attached hydrogen (secondary N) is 2. The number of pyridine rings is 1. The van der Waals surface area contributed by atoms with Gasteiger partial charge in [0.15, 0.2) is 16.6 Å². The Balaban J connectivity index is 1.60. The average molecular weight is 498 g/mol. The van der Waals surface area contributed by atoms with Crippen LogP contribution >= 0.6 is 12.2 Å². The van der Waals surface area contributed by atoms with Crippen molar-refractivity contribution in [1.82, 2.24) is 15.2 Å². The number of nitrogens with zero attached hydrogens (tertiary/aromatic N) is 1. The van der Waals surface area contributed by atoms with Crippen LogP contribution < -0.4 is 25.1 Å². The molecule has 3 aromatic rings. The van der Waals surface area contributed by atoms with Gasteiger partial charge >= 0.3 is 0 Å². The zero-order chi connectivity index (χ0) is 24.8. The van der Waals surface area contributed by atoms with E-state index in [4.69, 9.17) is 31.2 Å². The Morgan fingerprint density at radius 1 is 1.09 bits per heavy atom. The summed E-state index contributed by atoms with van der Waals surface area (Å²) in [5, 5.41) is 4.76. The van der Waals surface area contributed by atoms with E-state index in [0.29, 0.717) is 47.3 Å². The van der Waals surface area contributed by atoms with Crippen molar-refractivity contribution >= 4 is 28.2 Å². The molecule has 2 aromatic carbocycles. The molecule has 0 saturated carbocycles. The number of aromatic nitrogens is 1. The fourth-order valence-corrected chi connectivity index (χ4v) is 4.38. The predicted octanol–water partition coefficient (Wildman–Crippen LogP) is 3.61. The summed E-state index contributed by atoms with van der Waals surface area (Å²) in [7, 11) is 4.80. The lowest BCUT2D eigenvalue weighted by Gasteiger charge is -2.27. The van der Waals surface area contributed by atoms with Crippen molar-refractivity contribution in [3.8, 4) is 17.2 Å². The molecular formula is C26H31N3O5S. The molecule has 1 fully saturated rings. The summed E-state index contributed by atoms with van der Waals surface area (Å²) in [6, 6.07) is 13.3. The molecule has 1 aliphatic rings. The largest absolute Gasteiger partial charge is 0.497 e. The summed E-state index contributed by atoms with van der Waals surface area (Å²) in [6.45, 7) is 2.30. The van der Waals surface area contributed by atoms with Gasteiger partial charge in [-0.05, 0) is 54.9 Å². The minimum Gasteiger partial charge on any atom is -0.497 e. The molecule has 0 radical (unpaired) electrons. The fraction of sp³-hybridized carbons (Fsp3) is 0.385. The maximum absolute atomic E-state index is 13.0. The van der Waals surface area contributed by atoms with Crippen LogP contribution in [0.5, 0.6) is 17.2 Å². The van der Waals surface area contributed by atoms with E-state index in [1.807, 2.05) is 41.3 Å². The number of hydrogen-bond acceptors (Lipinski definition) is 6. The van der Waals surface area contributed by atoms with E-state index < -0.39 is 0 Å². The molecule has 8 nitrogen and oxygen atoms in total. The van der Waals surface area contributed by atoms with Gasteiger partial charge < -0.3 is 34.1 Å². The van der Waals surface area contributed by atoms with Gasteiger partial charge in [-0.1, -0.05) is 12.1 Å². The molecule has 0 spiro atoms. The van der Waals surface area contributed by atoms with Gasteiger partial charge in [0, 0.05) is 36.7 Å². The predicted molar refractivity (Wildman–Crippen MR) is 139 cm³/mol. The van der Waals surface area contributed by atoms with E-state index >= 15 is 0 Å². The number of thiocarbonyl (C=S) groups is 1. The summed E-state index contributed by atoms with van der Waals surface area (Å²) in [5.74, 6) is 1.95. The Hall–Kier alpha value is -3.30. The first-order valence-electron chi connectivity index (χ1n) is 11.6. The van der Waals surface area contributed by atoms with Crippen LogP contribution in [-0.2, 0) is 17.8 Å². The van der Waals surface area contributed by atoms with Gasteiger partial charge in [0.25, 0.3) is 5.56 Å². The molecule has 2 heterocycles. The number of ether oxygens (including phenoxy) is 4. The Kier molecular flexibility index (Phi) is 8.09. The number of rotatable bonds is 9. The van der Waals surface area contributed by atoms with Crippen molar-refractivity contribution in [3.63, 3.8) is 0 Å². The minimum atomic E-state index is -0.175. The van der Waals surface area contributed by atoms with Gasteiger partial charge in [-0.3, -0.25) is 4.79 Å². The van der Waals surface area contributed by atoms with Crippen LogP contribution in [0.25, 0.3) is 10.9 Å². The maximum Gasteiger partial charge on any atom is 0.253 e. The molecule has 2 N–H and O–H groups in total. The third-order valence-corrected chi connectivity index (χ3v) is 6.51. The van der Waals surface area contributed by atoms with Crippen molar-refractivity contribution in [1.29, 1.82) is 0 Å². The number of methoxy groups -OCH3 is 3. The number of aromatic amines is 1. The number of hydrogen-bond donors (Lipinski definition) is 2. The van der Waals surface area contributed by atoms with E-state index in [1.54, 1.807) is 27.4 Å². The number of H-pyrrole nitrogens is 1. The first kappa shape index (κ1) is 24.8. The van der Waals surface area contributed by atoms with Crippen LogP contribution in [0.4, 0.5) is 0 Å². The van der Waals surface area contributed by atoms with Crippen LogP contribution in [-0.4, -0.2) is 55.6 Å². The lowest BCUT2D eigenvalue weighted by atomic mass is 10.1. The molecule has 1 saturated heterocycles. The molecule has 9 heteroatoms. The van der Waals surface area contributed by atoms with Crippen LogP contribution in [0.3, 0.4) is 0 Å². The quantitative estimate of drug-likeness (QED) is 0.434. The van der Waals surface area contributed by atoms with Gasteiger partial charge in [0.05, 0.1) is 39.5 Å². The van der Waals surface area contributed by atoms with Gasteiger partial charge in [-0.15, -0.1) is 0 Å². The van der Waals surface area contributed by atoms with Crippen molar-refractivity contribution in [3.05, 3.63) is 63.9 Å². The van der Waals surface area contributed by atoms with Crippen molar-refractivity contribution < 1.29 is 18.9 Å². The van der Waals surface area contributed by atoms with E-state index in [2.05, 4.69) is 10.3 Å². The monoisotopic (exact) mass is 497 g/mol. The molecule has 0 unspecified atom stereocenters. The lowest BCUT2D eigenvalue weighted by molar-refractivity contribution is 0.113.